The van der Waals surface area contributed by atoms with Crippen LogP contribution in [0.1, 0.15) is 24.1 Å². The summed E-state index contributed by atoms with van der Waals surface area (Å²) in [7, 11) is -3.72. The number of carbonyl (C=O) groups is 1. The zero-order valence-corrected chi connectivity index (χ0v) is 14.6. The Hall–Kier alpha value is -1.92. The van der Waals surface area contributed by atoms with Gasteiger partial charge >= 0.3 is 0 Å². The Morgan fingerprint density at radius 2 is 1.88 bits per heavy atom. The molecule has 4 nitrogen and oxygen atoms in total. The normalized spacial score (nSPS) is 12.6. The van der Waals surface area contributed by atoms with Crippen LogP contribution < -0.4 is 5.32 Å². The van der Waals surface area contributed by atoms with Crippen LogP contribution in [0, 0.1) is 5.82 Å². The standard InChI is InChI=1S/C17H17ClFNO3S/c1-12(13-5-3-2-4-6-13)20-17(21)11-24(22,23)10-14-7-8-15(19)9-16(14)18/h2-9,12H,10-11H2,1H3,(H,20,21). The van der Waals surface area contributed by atoms with Crippen LogP contribution in [0.4, 0.5) is 4.39 Å². The minimum absolute atomic E-state index is 0.0247. The Labute approximate surface area is 145 Å². The molecule has 0 spiro atoms. The van der Waals surface area contributed by atoms with Gasteiger partial charge < -0.3 is 5.32 Å². The van der Waals surface area contributed by atoms with Gasteiger partial charge in [-0.15, -0.1) is 0 Å². The predicted octanol–water partition coefficient (Wildman–Crippen LogP) is 3.27. The van der Waals surface area contributed by atoms with Crippen LogP contribution >= 0.6 is 11.6 Å². The highest BCUT2D eigenvalue weighted by Gasteiger charge is 2.20. The molecular weight excluding hydrogens is 353 g/mol. The lowest BCUT2D eigenvalue weighted by Crippen LogP contribution is -2.32. The number of amides is 1. The average molecular weight is 370 g/mol. The van der Waals surface area contributed by atoms with E-state index in [1.54, 1.807) is 6.92 Å². The maximum atomic E-state index is 13.0. The molecule has 0 aliphatic carbocycles. The molecule has 1 atom stereocenters. The minimum Gasteiger partial charge on any atom is -0.349 e. The predicted molar refractivity (Wildman–Crippen MR) is 91.9 cm³/mol. The summed E-state index contributed by atoms with van der Waals surface area (Å²) in [5, 5.41) is 2.68. The van der Waals surface area contributed by atoms with Crippen molar-refractivity contribution in [3.05, 3.63) is 70.5 Å². The van der Waals surface area contributed by atoms with Gasteiger partial charge in [-0.05, 0) is 30.2 Å². The van der Waals surface area contributed by atoms with E-state index in [9.17, 15) is 17.6 Å². The lowest BCUT2D eigenvalue weighted by atomic mass is 10.1. The Morgan fingerprint density at radius 1 is 1.21 bits per heavy atom. The number of carbonyl (C=O) groups excluding carboxylic acids is 1. The SMILES string of the molecule is CC(NC(=O)CS(=O)(=O)Cc1ccc(F)cc1Cl)c1ccccc1. The maximum Gasteiger partial charge on any atom is 0.235 e. The second-order valence-corrected chi connectivity index (χ2v) is 7.94. The van der Waals surface area contributed by atoms with Crippen LogP contribution in [0.2, 0.25) is 5.02 Å². The summed E-state index contributed by atoms with van der Waals surface area (Å²) >= 11 is 5.83. The van der Waals surface area contributed by atoms with Gasteiger partial charge in [0.1, 0.15) is 11.6 Å². The van der Waals surface area contributed by atoms with E-state index < -0.39 is 33.1 Å². The third-order valence-electron chi connectivity index (χ3n) is 3.42. The topological polar surface area (TPSA) is 63.2 Å². The summed E-state index contributed by atoms with van der Waals surface area (Å²) in [6.07, 6.45) is 0. The summed E-state index contributed by atoms with van der Waals surface area (Å²) in [6, 6.07) is 12.4. The van der Waals surface area contributed by atoms with Crippen molar-refractivity contribution in [2.24, 2.45) is 0 Å². The molecule has 0 fully saturated rings. The molecule has 24 heavy (non-hydrogen) atoms. The first-order chi connectivity index (χ1) is 11.3. The summed E-state index contributed by atoms with van der Waals surface area (Å²) in [5.41, 5.74) is 1.15. The highest BCUT2D eigenvalue weighted by atomic mass is 35.5. The number of sulfone groups is 1. The molecule has 0 heterocycles. The van der Waals surface area contributed by atoms with Crippen LogP contribution in [0.3, 0.4) is 0 Å². The fraction of sp³-hybridized carbons (Fsp3) is 0.235. The molecule has 7 heteroatoms. The maximum absolute atomic E-state index is 13.0. The van der Waals surface area contributed by atoms with E-state index in [-0.39, 0.29) is 16.6 Å². The molecule has 1 unspecified atom stereocenters. The van der Waals surface area contributed by atoms with Crippen molar-refractivity contribution in [2.75, 3.05) is 5.75 Å². The van der Waals surface area contributed by atoms with Gasteiger partial charge in [0.05, 0.1) is 11.8 Å². The molecule has 2 aromatic rings. The van der Waals surface area contributed by atoms with Crippen molar-refractivity contribution < 1.29 is 17.6 Å². The number of hydrogen-bond acceptors (Lipinski definition) is 3. The Balaban J connectivity index is 1.99. The molecule has 2 aromatic carbocycles. The first kappa shape index (κ1) is 18.4. The zero-order valence-electron chi connectivity index (χ0n) is 13.0. The van der Waals surface area contributed by atoms with Gasteiger partial charge in [-0.2, -0.15) is 0 Å². The van der Waals surface area contributed by atoms with Crippen LogP contribution in [0.5, 0.6) is 0 Å². The van der Waals surface area contributed by atoms with Crippen molar-refractivity contribution in [1.82, 2.24) is 5.32 Å². The molecule has 0 saturated heterocycles. The average Bonchev–Trinajstić information content (AvgIpc) is 2.50. The Bertz CT molecular complexity index is 825. The Morgan fingerprint density at radius 3 is 2.50 bits per heavy atom. The molecule has 1 amide bonds. The van der Waals surface area contributed by atoms with E-state index in [0.29, 0.717) is 0 Å². The zero-order chi connectivity index (χ0) is 17.7. The van der Waals surface area contributed by atoms with Gasteiger partial charge in [-0.1, -0.05) is 48.0 Å². The largest absolute Gasteiger partial charge is 0.349 e. The van der Waals surface area contributed by atoms with Gasteiger partial charge in [0.15, 0.2) is 9.84 Å². The number of hydrogen-bond donors (Lipinski definition) is 1. The van der Waals surface area contributed by atoms with Crippen LogP contribution in [0.25, 0.3) is 0 Å². The molecular formula is C17H17ClFNO3S. The fourth-order valence-electron chi connectivity index (χ4n) is 2.23. The summed E-state index contributed by atoms with van der Waals surface area (Å²) in [5.74, 6) is -2.21. The molecule has 128 valence electrons. The first-order valence-corrected chi connectivity index (χ1v) is 9.45. The van der Waals surface area contributed by atoms with Gasteiger partial charge in [0.25, 0.3) is 0 Å². The summed E-state index contributed by atoms with van der Waals surface area (Å²) in [6.45, 7) is 1.77. The van der Waals surface area contributed by atoms with Gasteiger partial charge in [-0.25, -0.2) is 12.8 Å². The highest BCUT2D eigenvalue weighted by molar-refractivity contribution is 7.91. The van der Waals surface area contributed by atoms with E-state index in [2.05, 4.69) is 5.32 Å². The van der Waals surface area contributed by atoms with E-state index in [0.717, 1.165) is 17.7 Å². The smallest absolute Gasteiger partial charge is 0.235 e. The molecule has 0 aromatic heterocycles. The van der Waals surface area contributed by atoms with E-state index >= 15 is 0 Å². The van der Waals surface area contributed by atoms with Gasteiger partial charge in [0, 0.05) is 5.02 Å². The second-order valence-electron chi connectivity index (χ2n) is 5.47. The molecule has 0 saturated carbocycles. The van der Waals surface area contributed by atoms with Crippen molar-refractivity contribution in [3.63, 3.8) is 0 Å². The lowest BCUT2D eigenvalue weighted by Gasteiger charge is -2.14. The van der Waals surface area contributed by atoms with Gasteiger partial charge in [0.2, 0.25) is 5.91 Å². The van der Waals surface area contributed by atoms with Crippen molar-refractivity contribution in [2.45, 2.75) is 18.7 Å². The van der Waals surface area contributed by atoms with Crippen LogP contribution in [0.15, 0.2) is 48.5 Å². The molecule has 0 aliphatic rings. The van der Waals surface area contributed by atoms with Crippen molar-refractivity contribution in [3.8, 4) is 0 Å². The van der Waals surface area contributed by atoms with E-state index in [1.165, 1.54) is 6.07 Å². The van der Waals surface area contributed by atoms with Crippen molar-refractivity contribution in [1.29, 1.82) is 0 Å². The molecule has 1 N–H and O–H groups in total. The quantitative estimate of drug-likeness (QED) is 0.850. The molecule has 0 aliphatic heterocycles. The second kappa shape index (κ2) is 7.77. The Kier molecular flexibility index (Phi) is 5.96. The van der Waals surface area contributed by atoms with Crippen LogP contribution in [-0.2, 0) is 20.4 Å². The molecule has 0 radical (unpaired) electrons. The van der Waals surface area contributed by atoms with E-state index in [1.807, 2.05) is 30.3 Å². The summed E-state index contributed by atoms with van der Waals surface area (Å²) in [4.78, 5) is 12.0. The minimum atomic E-state index is -3.72. The fourth-order valence-corrected chi connectivity index (χ4v) is 3.86. The third kappa shape index (κ3) is 5.32. The number of halogens is 2. The molecule has 2 rings (SSSR count). The number of rotatable bonds is 6. The summed E-state index contributed by atoms with van der Waals surface area (Å²) < 4.78 is 37.3. The number of benzene rings is 2. The third-order valence-corrected chi connectivity index (χ3v) is 5.22. The lowest BCUT2D eigenvalue weighted by molar-refractivity contribution is -0.119. The van der Waals surface area contributed by atoms with Crippen LogP contribution in [-0.4, -0.2) is 20.1 Å². The monoisotopic (exact) mass is 369 g/mol. The highest BCUT2D eigenvalue weighted by Crippen LogP contribution is 2.20. The number of nitrogens with one attached hydrogen (secondary N) is 1. The van der Waals surface area contributed by atoms with Crippen molar-refractivity contribution >= 4 is 27.3 Å². The van der Waals surface area contributed by atoms with Gasteiger partial charge in [-0.3, -0.25) is 4.79 Å². The van der Waals surface area contributed by atoms with E-state index in [4.69, 9.17) is 11.6 Å². The molecule has 0 bridgehead atoms. The first-order valence-electron chi connectivity index (χ1n) is 7.25.